The van der Waals surface area contributed by atoms with Gasteiger partial charge in [-0.15, -0.1) is 0 Å². The van der Waals surface area contributed by atoms with Crippen LogP contribution < -0.4 is 0 Å². The highest BCUT2D eigenvalue weighted by Crippen LogP contribution is 2.26. The summed E-state index contributed by atoms with van der Waals surface area (Å²) in [5.74, 6) is 0.868. The Balaban J connectivity index is 0.000000771. The molecule has 1 aromatic rings. The predicted molar refractivity (Wildman–Crippen MR) is 82.3 cm³/mol. The van der Waals surface area contributed by atoms with Gasteiger partial charge in [0.25, 0.3) is 0 Å². The summed E-state index contributed by atoms with van der Waals surface area (Å²) in [7, 11) is 0. The van der Waals surface area contributed by atoms with Gasteiger partial charge >= 0.3 is 0 Å². The summed E-state index contributed by atoms with van der Waals surface area (Å²) in [6.07, 6.45) is 7.91. The van der Waals surface area contributed by atoms with Gasteiger partial charge in [-0.3, -0.25) is 0 Å². The molecule has 1 unspecified atom stereocenters. The van der Waals surface area contributed by atoms with Crippen LogP contribution >= 0.6 is 0 Å². The van der Waals surface area contributed by atoms with Crippen LogP contribution in [0.15, 0.2) is 12.1 Å². The van der Waals surface area contributed by atoms with E-state index in [-0.39, 0.29) is 0 Å². The van der Waals surface area contributed by atoms with Gasteiger partial charge in [-0.2, -0.15) is 0 Å². The van der Waals surface area contributed by atoms with Crippen molar-refractivity contribution in [1.82, 2.24) is 0 Å². The molecule has 0 heterocycles. The van der Waals surface area contributed by atoms with Gasteiger partial charge < -0.3 is 0 Å². The average molecular weight is 246 g/mol. The van der Waals surface area contributed by atoms with Crippen molar-refractivity contribution in [2.75, 3.05) is 0 Å². The Labute approximate surface area is 114 Å². The maximum atomic E-state index is 2.49. The summed E-state index contributed by atoms with van der Waals surface area (Å²) < 4.78 is 0. The normalized spacial score (nSPS) is 14.7. The van der Waals surface area contributed by atoms with E-state index in [2.05, 4.69) is 32.9 Å². The number of hydrogen-bond donors (Lipinski definition) is 0. The zero-order valence-corrected chi connectivity index (χ0v) is 13.0. The summed E-state index contributed by atoms with van der Waals surface area (Å²) in [4.78, 5) is 0. The molecule has 0 heteroatoms. The van der Waals surface area contributed by atoms with E-state index in [4.69, 9.17) is 0 Å². The molecule has 0 saturated heterocycles. The molecule has 102 valence electrons. The van der Waals surface area contributed by atoms with E-state index < -0.39 is 0 Å². The molecule has 0 spiro atoms. The third-order valence-electron chi connectivity index (χ3n) is 4.15. The number of fused-ring (bicyclic) bond motifs is 1. The van der Waals surface area contributed by atoms with Crippen LogP contribution in [0.25, 0.3) is 0 Å². The van der Waals surface area contributed by atoms with Crippen LogP contribution in [-0.2, 0) is 19.3 Å². The molecule has 0 saturated carbocycles. The first kappa shape index (κ1) is 15.3. The molecule has 0 fully saturated rings. The van der Waals surface area contributed by atoms with Gasteiger partial charge in [-0.25, -0.2) is 0 Å². The van der Waals surface area contributed by atoms with Crippen molar-refractivity contribution in [2.45, 2.75) is 73.1 Å². The molecule has 0 aromatic heterocycles. The maximum Gasteiger partial charge on any atom is -0.0273 e. The third kappa shape index (κ3) is 3.86. The number of hydrogen-bond acceptors (Lipinski definition) is 0. The van der Waals surface area contributed by atoms with Crippen LogP contribution in [0.5, 0.6) is 0 Å². The third-order valence-corrected chi connectivity index (χ3v) is 4.15. The molecule has 0 bridgehead atoms. The van der Waals surface area contributed by atoms with Gasteiger partial charge in [-0.05, 0) is 67.2 Å². The fraction of sp³-hybridized carbons (Fsp3) is 0.667. The number of rotatable bonds is 4. The summed E-state index contributed by atoms with van der Waals surface area (Å²) >= 11 is 0. The van der Waals surface area contributed by atoms with E-state index in [1.165, 1.54) is 44.1 Å². The van der Waals surface area contributed by atoms with Crippen LogP contribution in [0.3, 0.4) is 0 Å². The van der Waals surface area contributed by atoms with Crippen molar-refractivity contribution in [2.24, 2.45) is 5.92 Å². The fourth-order valence-corrected chi connectivity index (χ4v) is 2.67. The SMILES string of the molecule is CC.CCC(C)CCc1cc2c(cc1C)CCC2. The standard InChI is InChI=1S/C16H24.C2H6/c1-4-12(2)8-9-14-11-16-7-5-6-15(16)10-13(14)3;1-2/h10-12H,4-9H2,1-3H3;1-2H3. The van der Waals surface area contributed by atoms with Crippen LogP contribution in [-0.4, -0.2) is 0 Å². The molecule has 1 aromatic carbocycles. The molecular weight excluding hydrogens is 216 g/mol. The second-order valence-corrected chi connectivity index (χ2v) is 5.45. The Hall–Kier alpha value is -0.780. The van der Waals surface area contributed by atoms with Gasteiger partial charge in [0.1, 0.15) is 0 Å². The van der Waals surface area contributed by atoms with Gasteiger partial charge in [0.2, 0.25) is 0 Å². The topological polar surface area (TPSA) is 0 Å². The van der Waals surface area contributed by atoms with E-state index in [0.29, 0.717) is 0 Å². The lowest BCUT2D eigenvalue weighted by atomic mass is 9.94. The fourth-order valence-electron chi connectivity index (χ4n) is 2.67. The maximum absolute atomic E-state index is 2.49. The smallest absolute Gasteiger partial charge is 0.0273 e. The van der Waals surface area contributed by atoms with Crippen molar-refractivity contribution >= 4 is 0 Å². The van der Waals surface area contributed by atoms with Gasteiger partial charge in [-0.1, -0.05) is 46.2 Å². The van der Waals surface area contributed by atoms with Crippen LogP contribution in [0.4, 0.5) is 0 Å². The van der Waals surface area contributed by atoms with Gasteiger partial charge in [0.15, 0.2) is 0 Å². The van der Waals surface area contributed by atoms with Crippen molar-refractivity contribution in [3.8, 4) is 0 Å². The lowest BCUT2D eigenvalue weighted by Crippen LogP contribution is -1.99. The van der Waals surface area contributed by atoms with E-state index in [1.807, 2.05) is 13.8 Å². The molecule has 0 radical (unpaired) electrons. The number of benzene rings is 1. The molecule has 2 rings (SSSR count). The Kier molecular flexibility index (Phi) is 6.46. The minimum Gasteiger partial charge on any atom is -0.0683 e. The Morgan fingerprint density at radius 3 is 2.33 bits per heavy atom. The van der Waals surface area contributed by atoms with Crippen LogP contribution in [0, 0.1) is 12.8 Å². The lowest BCUT2D eigenvalue weighted by Gasteiger charge is -2.12. The van der Waals surface area contributed by atoms with Crippen molar-refractivity contribution in [3.63, 3.8) is 0 Å². The first-order chi connectivity index (χ1) is 8.70. The Morgan fingerprint density at radius 2 is 1.72 bits per heavy atom. The summed E-state index contributed by atoms with van der Waals surface area (Å²) in [6, 6.07) is 4.92. The van der Waals surface area contributed by atoms with E-state index >= 15 is 0 Å². The molecule has 1 aliphatic rings. The monoisotopic (exact) mass is 246 g/mol. The highest BCUT2D eigenvalue weighted by Gasteiger charge is 2.13. The van der Waals surface area contributed by atoms with Gasteiger partial charge in [0.05, 0.1) is 0 Å². The van der Waals surface area contributed by atoms with E-state index in [9.17, 15) is 0 Å². The second-order valence-electron chi connectivity index (χ2n) is 5.45. The summed E-state index contributed by atoms with van der Waals surface area (Å²) in [5, 5.41) is 0. The molecule has 0 amide bonds. The average Bonchev–Trinajstić information content (AvgIpc) is 2.84. The minimum atomic E-state index is 0.868. The molecule has 1 atom stereocenters. The predicted octanol–water partition coefficient (Wildman–Crippen LogP) is 5.49. The van der Waals surface area contributed by atoms with E-state index in [0.717, 1.165) is 5.92 Å². The van der Waals surface area contributed by atoms with Crippen molar-refractivity contribution < 1.29 is 0 Å². The molecule has 1 aliphatic carbocycles. The van der Waals surface area contributed by atoms with E-state index in [1.54, 1.807) is 16.7 Å². The van der Waals surface area contributed by atoms with Crippen molar-refractivity contribution in [3.05, 3.63) is 34.4 Å². The largest absolute Gasteiger partial charge is 0.0683 e. The Bertz CT molecular complexity index is 363. The molecule has 18 heavy (non-hydrogen) atoms. The van der Waals surface area contributed by atoms with Gasteiger partial charge in [0, 0.05) is 0 Å². The summed E-state index contributed by atoms with van der Waals surface area (Å²) in [5.41, 5.74) is 6.36. The highest BCUT2D eigenvalue weighted by molar-refractivity contribution is 5.40. The molecular formula is C18H30. The summed E-state index contributed by atoms with van der Waals surface area (Å²) in [6.45, 7) is 10.9. The Morgan fingerprint density at radius 1 is 1.11 bits per heavy atom. The number of aryl methyl sites for hydroxylation is 4. The molecule has 0 aliphatic heterocycles. The van der Waals surface area contributed by atoms with Crippen molar-refractivity contribution in [1.29, 1.82) is 0 Å². The highest BCUT2D eigenvalue weighted by atomic mass is 14.2. The second kappa shape index (κ2) is 7.61. The zero-order valence-electron chi connectivity index (χ0n) is 13.0. The molecule has 0 N–H and O–H groups in total. The first-order valence-corrected chi connectivity index (χ1v) is 7.82. The first-order valence-electron chi connectivity index (χ1n) is 7.82. The minimum absolute atomic E-state index is 0.868. The lowest BCUT2D eigenvalue weighted by molar-refractivity contribution is 0.516. The molecule has 0 nitrogen and oxygen atoms in total. The van der Waals surface area contributed by atoms with Crippen LogP contribution in [0.1, 0.15) is 69.2 Å². The quantitative estimate of drug-likeness (QED) is 0.659. The van der Waals surface area contributed by atoms with Crippen LogP contribution in [0.2, 0.25) is 0 Å². The zero-order chi connectivity index (χ0) is 13.5.